The molecule has 21 nitrogen and oxygen atoms in total. The zero-order chi connectivity index (χ0) is 65.1. The van der Waals surface area contributed by atoms with Gasteiger partial charge in [-0.15, -0.1) is 0 Å². The minimum absolute atomic E-state index is 0.0240. The van der Waals surface area contributed by atoms with Crippen LogP contribution in [0.5, 0.6) is 0 Å². The van der Waals surface area contributed by atoms with Crippen molar-refractivity contribution in [2.24, 2.45) is 0 Å². The molecule has 7 aromatic rings. The maximum Gasteiger partial charge on any atom is 0.187 e. The first-order chi connectivity index (χ1) is 46.8. The molecule has 5 fully saturated rings. The Morgan fingerprint density at radius 1 is 0.232 bits per heavy atom. The minimum Gasteiger partial charge on any atom is -0.394 e. The number of hydrogen-bond acceptors (Lipinski definition) is 21. The van der Waals surface area contributed by atoms with Crippen molar-refractivity contribution in [2.75, 3.05) is 33.0 Å². The van der Waals surface area contributed by atoms with E-state index in [4.69, 9.17) is 75.8 Å². The second-order valence-corrected chi connectivity index (χ2v) is 23.9. The molecular weight excluding hydrogens is 1220 g/mol. The number of rotatable bonds is 34. The van der Waals surface area contributed by atoms with Crippen molar-refractivity contribution in [2.45, 2.75) is 169 Å². The third kappa shape index (κ3) is 17.9. The largest absolute Gasteiger partial charge is 0.394 e. The molecule has 5 aliphatic rings. The van der Waals surface area contributed by atoms with Crippen LogP contribution in [-0.4, -0.2) is 182 Å². The number of benzene rings is 7. The van der Waals surface area contributed by atoms with Gasteiger partial charge in [0.05, 0.1) is 79.3 Å². The highest BCUT2D eigenvalue weighted by Crippen LogP contribution is 2.40. The Bertz CT molecular complexity index is 3280. The van der Waals surface area contributed by atoms with Crippen molar-refractivity contribution in [1.29, 1.82) is 0 Å². The molecule has 7 aromatic carbocycles. The van der Waals surface area contributed by atoms with Crippen LogP contribution in [0.2, 0.25) is 0 Å². The Morgan fingerprint density at radius 3 is 0.758 bits per heavy atom. The van der Waals surface area contributed by atoms with Gasteiger partial charge in [-0.2, -0.15) is 0 Å². The van der Waals surface area contributed by atoms with Crippen LogP contribution in [0, 0.1) is 0 Å². The summed E-state index contributed by atoms with van der Waals surface area (Å²) in [6.07, 6.45) is -22.3. The van der Waals surface area contributed by atoms with Gasteiger partial charge in [-0.25, -0.2) is 0 Å². The average molecular weight is 1310 g/mol. The Morgan fingerprint density at radius 2 is 0.463 bits per heavy atom. The molecule has 5 saturated heterocycles. The number of ether oxygens (including phenoxy) is 16. The summed E-state index contributed by atoms with van der Waals surface area (Å²) in [5.74, 6) is 0. The van der Waals surface area contributed by atoms with Crippen LogP contribution < -0.4 is 0 Å². The van der Waals surface area contributed by atoms with E-state index >= 15 is 0 Å². The van der Waals surface area contributed by atoms with E-state index in [1.54, 1.807) is 0 Å². The molecule has 0 aromatic heterocycles. The summed E-state index contributed by atoms with van der Waals surface area (Å²) in [5.41, 5.74) is 5.98. The highest BCUT2D eigenvalue weighted by Gasteiger charge is 2.58. The van der Waals surface area contributed by atoms with E-state index in [0.717, 1.165) is 38.9 Å². The fourth-order valence-electron chi connectivity index (χ4n) is 12.5. The third-order valence-corrected chi connectivity index (χ3v) is 17.4. The molecule has 506 valence electrons. The van der Waals surface area contributed by atoms with E-state index in [1.807, 2.05) is 212 Å². The van der Waals surface area contributed by atoms with Gasteiger partial charge >= 0.3 is 0 Å². The molecule has 0 unspecified atom stereocenters. The molecule has 95 heavy (non-hydrogen) atoms. The topological polar surface area (TPSA) is 249 Å². The number of aliphatic hydroxyl groups excluding tert-OH is 5. The number of hydrogen-bond donors (Lipinski definition) is 5. The van der Waals surface area contributed by atoms with Crippen LogP contribution >= 0.6 is 0 Å². The molecule has 0 bridgehead atoms. The fourth-order valence-corrected chi connectivity index (χ4v) is 12.5. The second kappa shape index (κ2) is 34.8. The van der Waals surface area contributed by atoms with Crippen molar-refractivity contribution in [3.8, 4) is 0 Å². The lowest BCUT2D eigenvalue weighted by Crippen LogP contribution is -2.49. The van der Waals surface area contributed by atoms with Gasteiger partial charge in [-0.05, 0) is 38.9 Å². The molecule has 5 heterocycles. The smallest absolute Gasteiger partial charge is 0.187 e. The van der Waals surface area contributed by atoms with E-state index in [0.29, 0.717) is 0 Å². The average Bonchev–Trinajstić information content (AvgIpc) is 1.67. The van der Waals surface area contributed by atoms with E-state index in [2.05, 4.69) is 0 Å². The van der Waals surface area contributed by atoms with Crippen LogP contribution in [0.15, 0.2) is 212 Å². The van der Waals surface area contributed by atoms with E-state index in [1.165, 1.54) is 0 Å². The Kier molecular flexibility index (Phi) is 25.1. The highest BCUT2D eigenvalue weighted by atomic mass is 16.8. The molecule has 0 aliphatic carbocycles. The van der Waals surface area contributed by atoms with Crippen molar-refractivity contribution in [3.63, 3.8) is 0 Å². The van der Waals surface area contributed by atoms with Gasteiger partial charge in [-0.3, -0.25) is 0 Å². The van der Waals surface area contributed by atoms with E-state index in [9.17, 15) is 25.5 Å². The van der Waals surface area contributed by atoms with Crippen LogP contribution in [0.3, 0.4) is 0 Å². The van der Waals surface area contributed by atoms with Crippen LogP contribution in [0.4, 0.5) is 0 Å². The normalized spacial score (nSPS) is 31.3. The summed E-state index contributed by atoms with van der Waals surface area (Å²) in [6.45, 7) is -1.48. The van der Waals surface area contributed by atoms with Gasteiger partial charge in [-0.1, -0.05) is 212 Å². The van der Waals surface area contributed by atoms with Crippen LogP contribution in [-0.2, 0) is 122 Å². The van der Waals surface area contributed by atoms with E-state index in [-0.39, 0.29) is 52.9 Å². The molecule has 21 heteroatoms. The molecule has 5 N–H and O–H groups in total. The lowest BCUT2D eigenvalue weighted by atomic mass is 10.1. The molecule has 0 radical (unpaired) electrons. The Labute approximate surface area is 552 Å². The summed E-state index contributed by atoms with van der Waals surface area (Å²) in [5, 5.41) is 56.2. The summed E-state index contributed by atoms with van der Waals surface area (Å²) in [7, 11) is 0. The Hall–Kier alpha value is -6.30. The first-order valence-electron chi connectivity index (χ1n) is 32.4. The van der Waals surface area contributed by atoms with E-state index < -0.39 is 149 Å². The maximum absolute atomic E-state index is 12.1. The molecule has 20 atom stereocenters. The van der Waals surface area contributed by atoms with Crippen molar-refractivity contribution in [3.05, 3.63) is 251 Å². The predicted molar refractivity (Wildman–Crippen MR) is 340 cm³/mol. The lowest BCUT2D eigenvalue weighted by Gasteiger charge is -2.33. The van der Waals surface area contributed by atoms with Gasteiger partial charge in [0.25, 0.3) is 0 Å². The zero-order valence-corrected chi connectivity index (χ0v) is 52.5. The number of aliphatic hydroxyl groups is 5. The van der Waals surface area contributed by atoms with Gasteiger partial charge in [0.1, 0.15) is 91.6 Å². The highest BCUT2D eigenvalue weighted by molar-refractivity contribution is 5.19. The third-order valence-electron chi connectivity index (χ3n) is 17.4. The maximum atomic E-state index is 12.1. The minimum atomic E-state index is -1.61. The molecule has 0 spiro atoms. The van der Waals surface area contributed by atoms with Crippen LogP contribution in [0.1, 0.15) is 38.9 Å². The quantitative estimate of drug-likeness (QED) is 0.0277. The molecule has 5 aliphatic heterocycles. The molecule has 0 amide bonds. The summed E-state index contributed by atoms with van der Waals surface area (Å²) < 4.78 is 107. The van der Waals surface area contributed by atoms with Crippen molar-refractivity contribution in [1.82, 2.24) is 0 Å². The fraction of sp³-hybridized carbons (Fsp3) is 0.432. The standard InChI is InChI=1S/C74H84O21/c75-36-55-60(80-40-48-22-8-1-9-23-48)66(85-45-53-32-18-6-19-33-53)72(90-55)94-68-62(82-42-50-26-12-3-13-27-50)57(38-77)89-71(68)87-47-59-64(65(70(79)88-59)84-44-52-30-16-5-17-31-52)93-74-69(63(58(39-78)92-74)83-43-51-28-14-4-15-29-51)95-73-67(86-46-54-34-20-7-21-35-54)61(56(37-76)91-73)81-41-49-24-10-2-11-25-49/h1-35,55-79H,36-47H2/t55-,56-,57-,58-,59-,60-,61-,62-,63-,64-,65+,66+,67+,68+,69+,70+,71+,72+,73+,74-/m1/s1. The first-order valence-corrected chi connectivity index (χ1v) is 32.4. The van der Waals surface area contributed by atoms with Gasteiger partial charge < -0.3 is 101 Å². The first kappa shape index (κ1) is 68.6. The zero-order valence-electron chi connectivity index (χ0n) is 52.5. The summed E-state index contributed by atoms with van der Waals surface area (Å²) in [6, 6.07) is 66.8. The predicted octanol–water partition coefficient (Wildman–Crippen LogP) is 6.84. The molecule has 12 rings (SSSR count). The SMILES string of the molecule is OC[C@H]1O[C@@H](O[C@@H]2[C@@H](OC[C@H]3O[C@H](O)[C@@H](OCc4ccccc4)[C@@H]3O[C@H]3O[C@H](CO)[C@@H](OCc4ccccc4)[C@@H]3O[C@@H]3O[C@H](CO)[C@@H](OCc4ccccc4)[C@@H]3OCc3ccccc3)O[C@H](CO)[C@H]2OCc2ccccc2)[C@@H](OCc2ccccc2)[C@@H]1OCc1ccccc1. The van der Waals surface area contributed by atoms with Crippen molar-refractivity contribution < 1.29 is 101 Å². The lowest BCUT2D eigenvalue weighted by molar-refractivity contribution is -0.276. The van der Waals surface area contributed by atoms with Gasteiger partial charge in [0, 0.05) is 0 Å². The second-order valence-electron chi connectivity index (χ2n) is 23.9. The molecule has 0 saturated carbocycles. The van der Waals surface area contributed by atoms with Gasteiger partial charge in [0.15, 0.2) is 31.5 Å². The van der Waals surface area contributed by atoms with Crippen LogP contribution in [0.25, 0.3) is 0 Å². The monoisotopic (exact) mass is 1310 g/mol. The van der Waals surface area contributed by atoms with Gasteiger partial charge in [0.2, 0.25) is 0 Å². The molecular formula is C74H84O21. The Balaban J connectivity index is 0.847. The summed E-state index contributed by atoms with van der Waals surface area (Å²) in [4.78, 5) is 0. The van der Waals surface area contributed by atoms with Crippen molar-refractivity contribution >= 4 is 0 Å². The summed E-state index contributed by atoms with van der Waals surface area (Å²) >= 11 is 0.